The van der Waals surface area contributed by atoms with Gasteiger partial charge < -0.3 is 10.1 Å². The third-order valence-corrected chi connectivity index (χ3v) is 4.17. The van der Waals surface area contributed by atoms with E-state index in [1.165, 1.54) is 0 Å². The average Bonchev–Trinajstić information content (AvgIpc) is 2.88. The van der Waals surface area contributed by atoms with Crippen molar-refractivity contribution < 1.29 is 19.1 Å². The number of benzene rings is 2. The molecule has 2 aromatic rings. The van der Waals surface area contributed by atoms with Crippen LogP contribution in [0.5, 0.6) is 0 Å². The minimum atomic E-state index is -1.36. The summed E-state index contributed by atoms with van der Waals surface area (Å²) in [7, 11) is 0. The second-order valence-corrected chi connectivity index (χ2v) is 6.34. The number of rotatable bonds is 5. The molecule has 0 atom stereocenters. The van der Waals surface area contributed by atoms with Crippen molar-refractivity contribution >= 4 is 17.9 Å². The number of nitrogens with one attached hydrogen (secondary N) is 1. The van der Waals surface area contributed by atoms with Gasteiger partial charge in [0.25, 0.3) is 5.91 Å². The Morgan fingerprint density at radius 1 is 1.00 bits per heavy atom. The summed E-state index contributed by atoms with van der Waals surface area (Å²) >= 11 is 0. The van der Waals surface area contributed by atoms with Gasteiger partial charge in [0.15, 0.2) is 5.54 Å². The average molecular weight is 352 g/mol. The molecule has 26 heavy (non-hydrogen) atoms. The normalized spacial score (nSPS) is 15.9. The van der Waals surface area contributed by atoms with E-state index in [4.69, 9.17) is 4.74 Å². The molecule has 0 spiro atoms. The second-order valence-electron chi connectivity index (χ2n) is 6.34. The van der Waals surface area contributed by atoms with E-state index in [9.17, 15) is 14.4 Å². The van der Waals surface area contributed by atoms with Crippen molar-refractivity contribution in [3.8, 4) is 0 Å². The van der Waals surface area contributed by atoms with Crippen molar-refractivity contribution in [3.05, 3.63) is 71.8 Å². The van der Waals surface area contributed by atoms with Crippen LogP contribution in [0.15, 0.2) is 60.7 Å². The Hall–Kier alpha value is -3.15. The molecule has 6 heteroatoms. The monoisotopic (exact) mass is 352 g/mol. The summed E-state index contributed by atoms with van der Waals surface area (Å²) < 4.78 is 5.08. The van der Waals surface area contributed by atoms with Crippen LogP contribution in [0.2, 0.25) is 0 Å². The van der Waals surface area contributed by atoms with Gasteiger partial charge in [0.2, 0.25) is 0 Å². The minimum absolute atomic E-state index is 0.323. The number of esters is 1. The Morgan fingerprint density at radius 3 is 1.96 bits per heavy atom. The van der Waals surface area contributed by atoms with Crippen LogP contribution in [-0.2, 0) is 19.9 Å². The van der Waals surface area contributed by atoms with Crippen molar-refractivity contribution in [2.45, 2.75) is 25.5 Å². The van der Waals surface area contributed by atoms with Gasteiger partial charge in [0.1, 0.15) is 6.54 Å². The van der Waals surface area contributed by atoms with Crippen molar-refractivity contribution in [1.29, 1.82) is 0 Å². The molecule has 3 rings (SSSR count). The molecule has 0 radical (unpaired) electrons. The van der Waals surface area contributed by atoms with Gasteiger partial charge in [-0.15, -0.1) is 0 Å². The highest BCUT2D eigenvalue weighted by Crippen LogP contribution is 2.35. The Balaban J connectivity index is 2.03. The third kappa shape index (κ3) is 3.06. The lowest BCUT2D eigenvalue weighted by atomic mass is 9.82. The molecule has 1 saturated heterocycles. The van der Waals surface area contributed by atoms with Crippen molar-refractivity contribution in [2.24, 2.45) is 0 Å². The van der Waals surface area contributed by atoms with E-state index >= 15 is 0 Å². The predicted octanol–water partition coefficient (Wildman–Crippen LogP) is 2.43. The van der Waals surface area contributed by atoms with Crippen LogP contribution in [0.4, 0.5) is 4.79 Å². The van der Waals surface area contributed by atoms with Crippen molar-refractivity contribution in [3.63, 3.8) is 0 Å². The minimum Gasteiger partial charge on any atom is -0.462 e. The summed E-state index contributed by atoms with van der Waals surface area (Å²) in [5.41, 5.74) is -0.105. The fraction of sp³-hybridized carbons (Fsp3) is 0.250. The molecule has 1 heterocycles. The number of hydrogen-bond donors (Lipinski definition) is 1. The zero-order valence-electron chi connectivity index (χ0n) is 14.6. The largest absolute Gasteiger partial charge is 0.462 e. The van der Waals surface area contributed by atoms with Gasteiger partial charge in [-0.2, -0.15) is 0 Å². The van der Waals surface area contributed by atoms with Crippen LogP contribution in [-0.4, -0.2) is 35.5 Å². The summed E-state index contributed by atoms with van der Waals surface area (Å²) in [6.45, 7) is 2.99. The van der Waals surface area contributed by atoms with Crippen LogP contribution >= 0.6 is 0 Å². The molecule has 3 amide bonds. The molecule has 2 aromatic carbocycles. The maximum absolute atomic E-state index is 13.3. The molecule has 0 aromatic heterocycles. The quantitative estimate of drug-likeness (QED) is 0.662. The summed E-state index contributed by atoms with van der Waals surface area (Å²) in [6, 6.07) is 17.4. The van der Waals surface area contributed by atoms with Crippen molar-refractivity contribution in [2.75, 3.05) is 6.54 Å². The number of urea groups is 1. The van der Waals surface area contributed by atoms with Crippen LogP contribution in [0, 0.1) is 0 Å². The van der Waals surface area contributed by atoms with Gasteiger partial charge in [-0.25, -0.2) is 4.79 Å². The van der Waals surface area contributed by atoms with E-state index in [-0.39, 0.29) is 6.10 Å². The standard InChI is InChI=1S/C20H20N2O4/c1-14(2)26-17(23)13-22-18(24)20(21-19(22)25,15-9-5-3-6-10-15)16-11-7-4-8-12-16/h3-12,14H,13H2,1-2H3,(H,21,25). The summed E-state index contributed by atoms with van der Waals surface area (Å²) in [4.78, 5) is 38.7. The molecule has 0 unspecified atom stereocenters. The number of amides is 3. The topological polar surface area (TPSA) is 75.7 Å². The zero-order chi connectivity index (χ0) is 18.7. The van der Waals surface area contributed by atoms with Gasteiger partial charge >= 0.3 is 12.0 Å². The van der Waals surface area contributed by atoms with Gasteiger partial charge in [-0.3, -0.25) is 14.5 Å². The van der Waals surface area contributed by atoms with Gasteiger partial charge in [-0.05, 0) is 25.0 Å². The maximum Gasteiger partial charge on any atom is 0.326 e. The number of nitrogens with zero attached hydrogens (tertiary/aromatic N) is 1. The highest BCUT2D eigenvalue weighted by molar-refractivity contribution is 6.11. The maximum atomic E-state index is 13.3. The van der Waals surface area contributed by atoms with Gasteiger partial charge in [0.05, 0.1) is 6.10 Å². The molecule has 1 N–H and O–H groups in total. The number of imide groups is 1. The third-order valence-electron chi connectivity index (χ3n) is 4.17. The fourth-order valence-corrected chi connectivity index (χ4v) is 3.08. The number of carbonyl (C=O) groups excluding carboxylic acids is 3. The molecule has 134 valence electrons. The first kappa shape index (κ1) is 17.7. The first-order valence-electron chi connectivity index (χ1n) is 8.40. The van der Waals surface area contributed by atoms with E-state index in [0.29, 0.717) is 11.1 Å². The Morgan fingerprint density at radius 2 is 1.50 bits per heavy atom. The lowest BCUT2D eigenvalue weighted by Crippen LogP contribution is -2.45. The van der Waals surface area contributed by atoms with E-state index in [0.717, 1.165) is 4.90 Å². The van der Waals surface area contributed by atoms with Crippen LogP contribution in [0.25, 0.3) is 0 Å². The zero-order valence-corrected chi connectivity index (χ0v) is 14.6. The summed E-state index contributed by atoms with van der Waals surface area (Å²) in [5.74, 6) is -1.12. The van der Waals surface area contributed by atoms with Gasteiger partial charge in [-0.1, -0.05) is 60.7 Å². The van der Waals surface area contributed by atoms with Crippen LogP contribution in [0.3, 0.4) is 0 Å². The molecule has 0 aliphatic carbocycles. The SMILES string of the molecule is CC(C)OC(=O)CN1C(=O)NC(c2ccccc2)(c2ccccc2)C1=O. The van der Waals surface area contributed by atoms with E-state index in [2.05, 4.69) is 5.32 Å². The van der Waals surface area contributed by atoms with Crippen molar-refractivity contribution in [1.82, 2.24) is 10.2 Å². The fourth-order valence-electron chi connectivity index (χ4n) is 3.08. The molecule has 0 bridgehead atoms. The number of hydrogen-bond acceptors (Lipinski definition) is 4. The second kappa shape index (κ2) is 7.00. The molecule has 6 nitrogen and oxygen atoms in total. The number of ether oxygens (including phenoxy) is 1. The molecule has 1 aliphatic rings. The van der Waals surface area contributed by atoms with Crippen LogP contribution in [0.1, 0.15) is 25.0 Å². The molecule has 1 fully saturated rings. The summed E-state index contributed by atoms with van der Waals surface area (Å²) in [5, 5.41) is 2.79. The highest BCUT2D eigenvalue weighted by Gasteiger charge is 2.54. The molecule has 1 aliphatic heterocycles. The first-order chi connectivity index (χ1) is 12.4. The molecule has 0 saturated carbocycles. The van der Waals surface area contributed by atoms with E-state index in [1.54, 1.807) is 62.4 Å². The predicted molar refractivity (Wildman–Crippen MR) is 95.1 cm³/mol. The Kier molecular flexibility index (Phi) is 4.75. The first-order valence-corrected chi connectivity index (χ1v) is 8.40. The van der Waals surface area contributed by atoms with Crippen LogP contribution < -0.4 is 5.32 Å². The Bertz CT molecular complexity index is 779. The Labute approximate surface area is 151 Å². The van der Waals surface area contributed by atoms with Gasteiger partial charge in [0, 0.05) is 0 Å². The smallest absolute Gasteiger partial charge is 0.326 e. The van der Waals surface area contributed by atoms with E-state index < -0.39 is 30.0 Å². The molecular weight excluding hydrogens is 332 g/mol. The highest BCUT2D eigenvalue weighted by atomic mass is 16.5. The lowest BCUT2D eigenvalue weighted by Gasteiger charge is -2.27. The number of carbonyl (C=O) groups is 3. The lowest BCUT2D eigenvalue weighted by molar-refractivity contribution is -0.150. The van der Waals surface area contributed by atoms with E-state index in [1.807, 2.05) is 12.1 Å². The summed E-state index contributed by atoms with van der Waals surface area (Å²) in [6.07, 6.45) is -0.323. The molecular formula is C20H20N2O4.